The lowest BCUT2D eigenvalue weighted by Gasteiger charge is -2.25. The van der Waals surface area contributed by atoms with Crippen LogP contribution in [0.5, 0.6) is 0 Å². The van der Waals surface area contributed by atoms with Crippen molar-refractivity contribution in [3.8, 4) is 0 Å². The van der Waals surface area contributed by atoms with Crippen LogP contribution in [0.3, 0.4) is 0 Å². The number of nitrogens with two attached hydrogens (primary N) is 1. The monoisotopic (exact) mass is 291 g/mol. The third-order valence-electron chi connectivity index (χ3n) is 2.94. The van der Waals surface area contributed by atoms with Crippen molar-refractivity contribution in [3.63, 3.8) is 0 Å². The number of hydrogen-bond acceptors (Lipinski definition) is 7. The lowest BCUT2D eigenvalue weighted by Crippen LogP contribution is -2.33. The van der Waals surface area contributed by atoms with E-state index >= 15 is 0 Å². The molecule has 0 spiro atoms. The van der Waals surface area contributed by atoms with E-state index in [1.54, 1.807) is 11.9 Å². The predicted octanol–water partition coefficient (Wildman–Crippen LogP) is 0.0389. The smallest absolute Gasteiger partial charge is 0.239 e. The number of nitrogens with one attached hydrogen (secondary N) is 1. The number of rotatable bonds is 3. The van der Waals surface area contributed by atoms with Crippen molar-refractivity contribution in [1.82, 2.24) is 9.97 Å². The van der Waals surface area contributed by atoms with Crippen molar-refractivity contribution < 1.29 is 8.42 Å². The first-order valence-electron chi connectivity index (χ1n) is 5.35. The molecule has 0 radical (unpaired) electrons. The second-order valence-electron chi connectivity index (χ2n) is 4.18. The molecule has 2 rings (SSSR count). The number of nitrogens with zero attached hydrogens (tertiary/aromatic N) is 3. The van der Waals surface area contributed by atoms with Crippen molar-refractivity contribution in [2.75, 3.05) is 28.9 Å². The molecule has 9 heteroatoms. The summed E-state index contributed by atoms with van der Waals surface area (Å²) in [7, 11) is -1.18. The fraction of sp³-hybridized carbons (Fsp3) is 0.556. The first kappa shape index (κ1) is 13.3. The molecule has 100 valence electrons. The van der Waals surface area contributed by atoms with E-state index in [4.69, 9.17) is 17.4 Å². The van der Waals surface area contributed by atoms with Gasteiger partial charge in [-0.05, 0) is 6.42 Å². The van der Waals surface area contributed by atoms with Gasteiger partial charge in [-0.25, -0.2) is 19.2 Å². The molecule has 1 aliphatic heterocycles. The van der Waals surface area contributed by atoms with Crippen molar-refractivity contribution in [1.29, 1.82) is 0 Å². The molecule has 1 atom stereocenters. The summed E-state index contributed by atoms with van der Waals surface area (Å²) < 4.78 is 22.9. The van der Waals surface area contributed by atoms with Crippen LogP contribution in [0.2, 0.25) is 5.02 Å². The molecule has 0 amide bonds. The van der Waals surface area contributed by atoms with E-state index in [-0.39, 0.29) is 23.5 Å². The third kappa shape index (κ3) is 2.65. The van der Waals surface area contributed by atoms with Gasteiger partial charge in [0, 0.05) is 13.1 Å². The molecular weight excluding hydrogens is 278 g/mol. The standard InChI is InChI=1S/C9H14ClN5O2S/c1-15(6-2-3-18(16,17)5-6)8-7(10)4-12-9(13-8)14-11/h4,6H,2-3,5,11H2,1H3,(H,12,13,14). The molecular formula is C9H14ClN5O2S. The summed E-state index contributed by atoms with van der Waals surface area (Å²) in [6.45, 7) is 0. The Morgan fingerprint density at radius 1 is 1.61 bits per heavy atom. The van der Waals surface area contributed by atoms with Crippen LogP contribution < -0.4 is 16.2 Å². The van der Waals surface area contributed by atoms with E-state index < -0.39 is 9.84 Å². The second kappa shape index (κ2) is 4.87. The van der Waals surface area contributed by atoms with Crippen LogP contribution in [-0.2, 0) is 9.84 Å². The van der Waals surface area contributed by atoms with E-state index in [9.17, 15) is 8.42 Å². The maximum atomic E-state index is 11.5. The normalized spacial score (nSPS) is 21.8. The van der Waals surface area contributed by atoms with Crippen LogP contribution in [0.1, 0.15) is 6.42 Å². The highest BCUT2D eigenvalue weighted by Gasteiger charge is 2.32. The van der Waals surface area contributed by atoms with Crippen LogP contribution in [0.15, 0.2) is 6.20 Å². The molecule has 1 saturated heterocycles. The summed E-state index contributed by atoms with van der Waals surface area (Å²) in [6.07, 6.45) is 2.00. The molecule has 18 heavy (non-hydrogen) atoms. The maximum Gasteiger partial charge on any atom is 0.239 e. The molecule has 1 aromatic heterocycles. The highest BCUT2D eigenvalue weighted by molar-refractivity contribution is 7.91. The molecule has 1 aromatic rings. The Kier molecular flexibility index (Phi) is 3.60. The summed E-state index contributed by atoms with van der Waals surface area (Å²) >= 11 is 6.01. The number of anilines is 2. The van der Waals surface area contributed by atoms with Gasteiger partial charge in [-0.15, -0.1) is 0 Å². The number of hydrazine groups is 1. The van der Waals surface area contributed by atoms with Gasteiger partial charge in [0.25, 0.3) is 0 Å². The van der Waals surface area contributed by atoms with Gasteiger partial charge in [0.2, 0.25) is 5.95 Å². The molecule has 0 saturated carbocycles. The fourth-order valence-electron chi connectivity index (χ4n) is 1.93. The van der Waals surface area contributed by atoms with Crippen molar-refractivity contribution in [3.05, 3.63) is 11.2 Å². The quantitative estimate of drug-likeness (QED) is 0.599. The van der Waals surface area contributed by atoms with Gasteiger partial charge >= 0.3 is 0 Å². The zero-order valence-electron chi connectivity index (χ0n) is 9.80. The minimum absolute atomic E-state index is 0.118. The SMILES string of the molecule is CN(c1nc(NN)ncc1Cl)C1CCS(=O)(=O)C1. The van der Waals surface area contributed by atoms with E-state index in [1.165, 1.54) is 6.20 Å². The lowest BCUT2D eigenvalue weighted by atomic mass is 10.2. The summed E-state index contributed by atoms with van der Waals surface area (Å²) in [5.41, 5.74) is 2.33. The van der Waals surface area contributed by atoms with Gasteiger partial charge in [0.15, 0.2) is 15.7 Å². The van der Waals surface area contributed by atoms with Gasteiger partial charge in [-0.3, -0.25) is 5.43 Å². The predicted molar refractivity (Wildman–Crippen MR) is 70.3 cm³/mol. The number of sulfone groups is 1. The van der Waals surface area contributed by atoms with E-state index in [2.05, 4.69) is 15.4 Å². The van der Waals surface area contributed by atoms with Crippen LogP contribution >= 0.6 is 11.6 Å². The van der Waals surface area contributed by atoms with Gasteiger partial charge in [-0.1, -0.05) is 11.6 Å². The molecule has 3 N–H and O–H groups in total. The van der Waals surface area contributed by atoms with Crippen LogP contribution in [0.4, 0.5) is 11.8 Å². The number of hydrogen-bond donors (Lipinski definition) is 2. The van der Waals surface area contributed by atoms with E-state index in [1.807, 2.05) is 0 Å². The van der Waals surface area contributed by atoms with Crippen LogP contribution in [0, 0.1) is 0 Å². The summed E-state index contributed by atoms with van der Waals surface area (Å²) in [5.74, 6) is 6.27. The Hall–Kier alpha value is -1.12. The second-order valence-corrected chi connectivity index (χ2v) is 6.81. The maximum absolute atomic E-state index is 11.5. The Bertz CT molecular complexity index is 550. The average Bonchev–Trinajstić information content (AvgIpc) is 2.69. The van der Waals surface area contributed by atoms with Crippen molar-refractivity contribution in [2.45, 2.75) is 12.5 Å². The third-order valence-corrected chi connectivity index (χ3v) is 4.96. The average molecular weight is 292 g/mol. The summed E-state index contributed by atoms with van der Waals surface area (Å²) in [4.78, 5) is 9.77. The largest absolute Gasteiger partial charge is 0.354 e. The molecule has 0 bridgehead atoms. The van der Waals surface area contributed by atoms with Gasteiger partial charge in [0.1, 0.15) is 5.02 Å². The Labute approximate surface area is 110 Å². The molecule has 2 heterocycles. The topological polar surface area (TPSA) is 101 Å². The first-order chi connectivity index (χ1) is 8.43. The fourth-order valence-corrected chi connectivity index (χ4v) is 3.93. The Balaban J connectivity index is 2.26. The van der Waals surface area contributed by atoms with Gasteiger partial charge < -0.3 is 4.90 Å². The molecule has 0 aliphatic carbocycles. The minimum atomic E-state index is -2.95. The summed E-state index contributed by atoms with van der Waals surface area (Å²) in [6, 6.07) is -0.118. The molecule has 0 aromatic carbocycles. The number of halogens is 1. The first-order valence-corrected chi connectivity index (χ1v) is 7.55. The lowest BCUT2D eigenvalue weighted by molar-refractivity contribution is 0.600. The Morgan fingerprint density at radius 2 is 2.33 bits per heavy atom. The zero-order chi connectivity index (χ0) is 13.3. The zero-order valence-corrected chi connectivity index (χ0v) is 11.4. The van der Waals surface area contributed by atoms with Gasteiger partial charge in [0.05, 0.1) is 17.7 Å². The van der Waals surface area contributed by atoms with E-state index in [0.717, 1.165) is 0 Å². The molecule has 7 nitrogen and oxygen atoms in total. The highest BCUT2D eigenvalue weighted by atomic mass is 35.5. The van der Waals surface area contributed by atoms with E-state index in [0.29, 0.717) is 17.3 Å². The van der Waals surface area contributed by atoms with Crippen molar-refractivity contribution >= 4 is 33.2 Å². The summed E-state index contributed by atoms with van der Waals surface area (Å²) in [5, 5.41) is 0.362. The highest BCUT2D eigenvalue weighted by Crippen LogP contribution is 2.27. The number of aromatic nitrogens is 2. The number of nitrogen functional groups attached to an aromatic ring is 1. The molecule has 1 aliphatic rings. The van der Waals surface area contributed by atoms with Gasteiger partial charge in [-0.2, -0.15) is 4.98 Å². The molecule has 1 fully saturated rings. The minimum Gasteiger partial charge on any atom is -0.354 e. The molecule has 1 unspecified atom stereocenters. The Morgan fingerprint density at radius 3 is 2.89 bits per heavy atom. The van der Waals surface area contributed by atoms with Crippen LogP contribution in [0.25, 0.3) is 0 Å². The van der Waals surface area contributed by atoms with Crippen molar-refractivity contribution in [2.24, 2.45) is 5.84 Å². The van der Waals surface area contributed by atoms with Crippen LogP contribution in [-0.4, -0.2) is 43.0 Å².